The number of rotatable bonds is 6. The Balaban J connectivity index is 1.77. The van der Waals surface area contributed by atoms with Crippen molar-refractivity contribution < 1.29 is 23.1 Å². The van der Waals surface area contributed by atoms with Crippen LogP contribution in [-0.4, -0.2) is 72.2 Å². The molecule has 0 amide bonds. The molecule has 0 aliphatic carbocycles. The standard InChI is InChI=1S/C27H38F2N6O3Si/c1-26(2,3)21-18(38-39(5)6)9-8-17-22(21)32-24(23(28)29)35(17)25-30-19(33-12-14-37-15-13-33)16-20(31-25)34-11-7-10-27(34,4)36/h8-9,16,23,36,39H,7,10-15H2,1-6H3. The van der Waals surface area contributed by atoms with Crippen molar-refractivity contribution in [3.05, 3.63) is 29.6 Å². The van der Waals surface area contributed by atoms with E-state index in [2.05, 4.69) is 23.0 Å². The van der Waals surface area contributed by atoms with Gasteiger partial charge in [0.05, 0.1) is 24.2 Å². The molecule has 0 spiro atoms. The smallest absolute Gasteiger partial charge is 0.296 e. The van der Waals surface area contributed by atoms with Crippen molar-refractivity contribution in [3.8, 4) is 11.7 Å². The molecule has 212 valence electrons. The number of aromatic nitrogens is 4. The SMILES string of the molecule is C[SiH](C)Oc1ccc2c(nc(C(F)F)n2-c2nc(N3CCOCC3)cc(N3CCCC3(C)O)n2)c1C(C)(C)C. The van der Waals surface area contributed by atoms with Gasteiger partial charge in [0.2, 0.25) is 15.0 Å². The number of benzene rings is 1. The number of ether oxygens (including phenoxy) is 1. The summed E-state index contributed by atoms with van der Waals surface area (Å²) in [7, 11) is -1.47. The first-order valence-corrected chi connectivity index (χ1v) is 16.4. The fourth-order valence-electron chi connectivity index (χ4n) is 5.49. The van der Waals surface area contributed by atoms with Crippen LogP contribution in [0.2, 0.25) is 13.1 Å². The summed E-state index contributed by atoms with van der Waals surface area (Å²) in [6, 6.07) is 5.45. The fourth-order valence-corrected chi connectivity index (χ4v) is 6.19. The lowest BCUT2D eigenvalue weighted by Gasteiger charge is -2.33. The topological polar surface area (TPSA) is 88.8 Å². The van der Waals surface area contributed by atoms with E-state index in [1.54, 1.807) is 13.0 Å². The third kappa shape index (κ3) is 5.33. The molecule has 5 rings (SSSR count). The normalized spacial score (nSPS) is 20.6. The van der Waals surface area contributed by atoms with Gasteiger partial charge in [-0.2, -0.15) is 9.97 Å². The van der Waals surface area contributed by atoms with Crippen molar-refractivity contribution in [2.45, 2.75) is 71.2 Å². The summed E-state index contributed by atoms with van der Waals surface area (Å²) in [6.07, 6.45) is -1.47. The molecule has 1 aromatic carbocycles. The van der Waals surface area contributed by atoms with Gasteiger partial charge in [0.25, 0.3) is 6.43 Å². The number of morpholine rings is 1. The zero-order chi connectivity index (χ0) is 28.1. The minimum absolute atomic E-state index is 0.0984. The van der Waals surface area contributed by atoms with E-state index in [1.807, 2.05) is 37.8 Å². The summed E-state index contributed by atoms with van der Waals surface area (Å²) in [6.45, 7) is 14.9. The number of hydrogen-bond acceptors (Lipinski definition) is 8. The predicted octanol–water partition coefficient (Wildman–Crippen LogP) is 4.56. The second-order valence-corrected chi connectivity index (χ2v) is 14.1. The summed E-state index contributed by atoms with van der Waals surface area (Å²) in [4.78, 5) is 17.9. The van der Waals surface area contributed by atoms with Crippen LogP contribution >= 0.6 is 0 Å². The molecule has 2 saturated heterocycles. The van der Waals surface area contributed by atoms with E-state index in [0.29, 0.717) is 67.7 Å². The van der Waals surface area contributed by atoms with Crippen molar-refractivity contribution in [1.29, 1.82) is 0 Å². The highest BCUT2D eigenvalue weighted by atomic mass is 28.3. The molecule has 1 atom stereocenters. The first-order valence-electron chi connectivity index (χ1n) is 13.6. The van der Waals surface area contributed by atoms with Gasteiger partial charge in [-0.05, 0) is 50.4 Å². The van der Waals surface area contributed by atoms with Crippen LogP contribution in [0.1, 0.15) is 58.3 Å². The Bertz CT molecular complexity index is 1350. The largest absolute Gasteiger partial charge is 0.547 e. The van der Waals surface area contributed by atoms with Crippen LogP contribution in [0.25, 0.3) is 17.0 Å². The number of alkyl halides is 2. The number of hydrogen-bond donors (Lipinski definition) is 1. The minimum Gasteiger partial charge on any atom is -0.547 e. The van der Waals surface area contributed by atoms with E-state index in [-0.39, 0.29) is 5.95 Å². The molecule has 1 unspecified atom stereocenters. The second kappa shape index (κ2) is 10.3. The fraction of sp³-hybridized carbons (Fsp3) is 0.593. The maximum atomic E-state index is 14.6. The third-order valence-corrected chi connectivity index (χ3v) is 7.96. The molecule has 2 aliphatic rings. The highest BCUT2D eigenvalue weighted by Gasteiger charge is 2.37. The van der Waals surface area contributed by atoms with Crippen LogP contribution in [0.15, 0.2) is 18.2 Å². The van der Waals surface area contributed by atoms with Gasteiger partial charge in [-0.1, -0.05) is 20.8 Å². The molecule has 9 nitrogen and oxygen atoms in total. The molecule has 0 radical (unpaired) electrons. The van der Waals surface area contributed by atoms with Gasteiger partial charge >= 0.3 is 0 Å². The maximum absolute atomic E-state index is 14.6. The Morgan fingerprint density at radius 1 is 1.08 bits per heavy atom. The lowest BCUT2D eigenvalue weighted by Crippen LogP contribution is -2.42. The third-order valence-electron chi connectivity index (χ3n) is 7.24. The lowest BCUT2D eigenvalue weighted by atomic mass is 9.85. The summed E-state index contributed by atoms with van der Waals surface area (Å²) >= 11 is 0. The number of anilines is 2. The van der Waals surface area contributed by atoms with Gasteiger partial charge in [0, 0.05) is 31.3 Å². The molecule has 0 saturated carbocycles. The molecule has 39 heavy (non-hydrogen) atoms. The van der Waals surface area contributed by atoms with Gasteiger partial charge in [-0.3, -0.25) is 4.57 Å². The zero-order valence-electron chi connectivity index (χ0n) is 23.5. The highest BCUT2D eigenvalue weighted by Crippen LogP contribution is 2.40. The van der Waals surface area contributed by atoms with E-state index in [0.717, 1.165) is 12.0 Å². The van der Waals surface area contributed by atoms with Gasteiger partial charge in [-0.25, -0.2) is 13.8 Å². The Labute approximate surface area is 229 Å². The van der Waals surface area contributed by atoms with Crippen LogP contribution in [0.4, 0.5) is 20.4 Å². The highest BCUT2D eigenvalue weighted by molar-refractivity contribution is 6.49. The molecule has 0 bridgehead atoms. The van der Waals surface area contributed by atoms with E-state index in [4.69, 9.17) is 19.1 Å². The van der Waals surface area contributed by atoms with Crippen LogP contribution in [0.5, 0.6) is 5.75 Å². The number of fused-ring (bicyclic) bond motifs is 1. The van der Waals surface area contributed by atoms with Crippen molar-refractivity contribution in [1.82, 2.24) is 19.5 Å². The predicted molar refractivity (Wildman–Crippen MR) is 150 cm³/mol. The maximum Gasteiger partial charge on any atom is 0.296 e. The number of halogens is 2. The Morgan fingerprint density at radius 3 is 2.36 bits per heavy atom. The first kappa shape index (κ1) is 27.7. The molecule has 4 heterocycles. The first-order chi connectivity index (χ1) is 18.4. The van der Waals surface area contributed by atoms with Gasteiger partial charge in [-0.15, -0.1) is 0 Å². The average Bonchev–Trinajstić information content (AvgIpc) is 3.42. The van der Waals surface area contributed by atoms with Gasteiger partial charge in [0.1, 0.15) is 23.1 Å². The quantitative estimate of drug-likeness (QED) is 0.439. The minimum atomic E-state index is -2.86. The summed E-state index contributed by atoms with van der Waals surface area (Å²) in [5, 5.41) is 11.1. The Hall–Kier alpha value is -2.83. The van der Waals surface area contributed by atoms with E-state index < -0.39 is 32.4 Å². The summed E-state index contributed by atoms with van der Waals surface area (Å²) in [5.41, 5.74) is 0.232. The molecule has 3 aromatic rings. The number of nitrogens with zero attached hydrogens (tertiary/aromatic N) is 6. The molecule has 2 aromatic heterocycles. The van der Waals surface area contributed by atoms with E-state index in [1.165, 1.54) is 4.57 Å². The lowest BCUT2D eigenvalue weighted by molar-refractivity contribution is 0.0707. The molecule has 2 fully saturated rings. The average molecular weight is 561 g/mol. The van der Waals surface area contributed by atoms with Gasteiger partial charge < -0.3 is 24.1 Å². The Kier molecular flexibility index (Phi) is 7.31. The summed E-state index contributed by atoms with van der Waals surface area (Å²) in [5.74, 6) is 1.45. The zero-order valence-corrected chi connectivity index (χ0v) is 24.7. The van der Waals surface area contributed by atoms with Crippen molar-refractivity contribution in [2.24, 2.45) is 0 Å². The van der Waals surface area contributed by atoms with Crippen molar-refractivity contribution in [2.75, 3.05) is 42.6 Å². The monoisotopic (exact) mass is 560 g/mol. The molecular weight excluding hydrogens is 522 g/mol. The van der Waals surface area contributed by atoms with Crippen LogP contribution in [-0.2, 0) is 10.2 Å². The van der Waals surface area contributed by atoms with Crippen LogP contribution in [0.3, 0.4) is 0 Å². The van der Waals surface area contributed by atoms with Crippen LogP contribution < -0.4 is 14.2 Å². The molecular formula is C27H38F2N6O3Si. The Morgan fingerprint density at radius 2 is 1.77 bits per heavy atom. The van der Waals surface area contributed by atoms with Crippen LogP contribution in [0, 0.1) is 0 Å². The summed E-state index contributed by atoms with van der Waals surface area (Å²) < 4.78 is 42.4. The molecule has 12 heteroatoms. The number of imidazole rings is 1. The van der Waals surface area contributed by atoms with E-state index in [9.17, 15) is 13.9 Å². The van der Waals surface area contributed by atoms with Crippen molar-refractivity contribution in [3.63, 3.8) is 0 Å². The van der Waals surface area contributed by atoms with Gasteiger partial charge in [0.15, 0.2) is 5.82 Å². The molecule has 2 aliphatic heterocycles. The molecule has 1 N–H and O–H groups in total. The number of aliphatic hydroxyl groups is 1. The second-order valence-electron chi connectivity index (χ2n) is 11.8. The van der Waals surface area contributed by atoms with Crippen molar-refractivity contribution >= 4 is 31.7 Å². The van der Waals surface area contributed by atoms with E-state index >= 15 is 0 Å².